The first-order valence-corrected chi connectivity index (χ1v) is 10.3. The van der Waals surface area contributed by atoms with E-state index >= 15 is 0 Å². The van der Waals surface area contributed by atoms with Crippen LogP contribution in [0.3, 0.4) is 0 Å². The Morgan fingerprint density at radius 3 is 2.87 bits per heavy atom. The SMILES string of the molecule is NC=CC(N)=Nc1nnc(NC(=O)c2cc(NC34CC(C3)C4)c(OCCO)c(=O)o2)s1. The maximum atomic E-state index is 12.6. The van der Waals surface area contributed by atoms with Gasteiger partial charge in [-0.1, -0.05) is 11.3 Å². The predicted octanol–water partition coefficient (Wildman–Crippen LogP) is 0.540. The van der Waals surface area contributed by atoms with Gasteiger partial charge in [-0.05, 0) is 37.5 Å². The number of carbonyl (C=O) groups is 1. The molecule has 5 rings (SSSR count). The molecule has 0 radical (unpaired) electrons. The molecule has 164 valence electrons. The summed E-state index contributed by atoms with van der Waals surface area (Å²) in [5.41, 5.74) is 10.3. The highest BCUT2D eigenvalue weighted by Gasteiger charge is 2.56. The fraction of sp³-hybridized carbons (Fsp3) is 0.389. The van der Waals surface area contributed by atoms with Crippen molar-refractivity contribution in [3.8, 4) is 5.75 Å². The standard InChI is InChI=1S/C18H21N7O5S/c19-2-1-12(20)21-16-24-25-17(31-16)22-14(27)11-5-10(23-18-6-9(7-18)8-18)13(15(28)30-11)29-4-3-26/h1-2,5,9,23,26H,3-4,6-8,19H2,(H2,20,21,24)(H,22,25,27). The van der Waals surface area contributed by atoms with Crippen LogP contribution in [0.25, 0.3) is 0 Å². The van der Waals surface area contributed by atoms with E-state index in [2.05, 4.69) is 25.8 Å². The molecule has 2 aromatic heterocycles. The number of hydrogen-bond donors (Lipinski definition) is 5. The van der Waals surface area contributed by atoms with Crippen LogP contribution >= 0.6 is 11.3 Å². The minimum Gasteiger partial charge on any atom is -0.483 e. The number of aliphatic imine (C=N–C) groups is 1. The van der Waals surface area contributed by atoms with Gasteiger partial charge in [-0.2, -0.15) is 0 Å². The number of amides is 1. The molecule has 3 aliphatic rings. The number of aliphatic hydroxyl groups excluding tert-OH is 1. The summed E-state index contributed by atoms with van der Waals surface area (Å²) < 4.78 is 10.5. The summed E-state index contributed by atoms with van der Waals surface area (Å²) >= 11 is 0.978. The Kier molecular flexibility index (Phi) is 5.61. The minimum atomic E-state index is -0.820. The fourth-order valence-corrected chi connectivity index (χ4v) is 4.24. The quantitative estimate of drug-likeness (QED) is 0.268. The van der Waals surface area contributed by atoms with Crippen molar-refractivity contribution in [1.82, 2.24) is 10.2 Å². The number of nitrogens with zero attached hydrogens (tertiary/aromatic N) is 3. The van der Waals surface area contributed by atoms with Crippen molar-refractivity contribution in [3.63, 3.8) is 0 Å². The average molecular weight is 447 g/mol. The molecule has 3 fully saturated rings. The lowest BCUT2D eigenvalue weighted by molar-refractivity contribution is 0.00181. The van der Waals surface area contributed by atoms with Gasteiger partial charge in [-0.3, -0.25) is 10.1 Å². The van der Waals surface area contributed by atoms with Crippen molar-refractivity contribution in [2.45, 2.75) is 24.8 Å². The summed E-state index contributed by atoms with van der Waals surface area (Å²) in [4.78, 5) is 29.1. The van der Waals surface area contributed by atoms with Gasteiger partial charge in [0.1, 0.15) is 12.4 Å². The van der Waals surface area contributed by atoms with Gasteiger partial charge in [0, 0.05) is 11.6 Å². The number of amidine groups is 1. The number of nitrogens with one attached hydrogen (secondary N) is 2. The zero-order chi connectivity index (χ0) is 22.0. The Hall–Kier alpha value is -3.45. The molecule has 12 nitrogen and oxygen atoms in total. The molecule has 3 saturated carbocycles. The number of aliphatic hydroxyl groups is 1. The molecule has 13 heteroatoms. The average Bonchev–Trinajstić information content (AvgIpc) is 3.09. The van der Waals surface area contributed by atoms with Crippen molar-refractivity contribution >= 4 is 39.0 Å². The van der Waals surface area contributed by atoms with Gasteiger partial charge < -0.3 is 31.0 Å². The van der Waals surface area contributed by atoms with Crippen molar-refractivity contribution < 1.29 is 19.1 Å². The Morgan fingerprint density at radius 2 is 2.23 bits per heavy atom. The van der Waals surface area contributed by atoms with Crippen LogP contribution in [-0.4, -0.2) is 45.8 Å². The molecule has 0 atom stereocenters. The van der Waals surface area contributed by atoms with Crippen molar-refractivity contribution in [1.29, 1.82) is 0 Å². The van der Waals surface area contributed by atoms with Gasteiger partial charge in [0.05, 0.1) is 12.3 Å². The molecule has 2 bridgehead atoms. The molecule has 0 aromatic carbocycles. The third-order valence-electron chi connectivity index (χ3n) is 5.03. The van der Waals surface area contributed by atoms with Gasteiger partial charge in [0.2, 0.25) is 16.0 Å². The van der Waals surface area contributed by atoms with Gasteiger partial charge in [-0.25, -0.2) is 9.79 Å². The largest absolute Gasteiger partial charge is 0.483 e. The number of ether oxygens (including phenoxy) is 1. The van der Waals surface area contributed by atoms with Gasteiger partial charge in [0.15, 0.2) is 5.76 Å². The summed E-state index contributed by atoms with van der Waals surface area (Å²) in [5.74, 6) is -0.133. The first-order chi connectivity index (χ1) is 14.9. The maximum Gasteiger partial charge on any atom is 0.381 e. The van der Waals surface area contributed by atoms with Crippen molar-refractivity contribution in [2.75, 3.05) is 23.8 Å². The number of nitrogens with two attached hydrogens (primary N) is 2. The van der Waals surface area contributed by atoms with E-state index in [9.17, 15) is 9.59 Å². The molecule has 31 heavy (non-hydrogen) atoms. The molecular formula is C18H21N7O5S. The van der Waals surface area contributed by atoms with E-state index in [4.69, 9.17) is 25.7 Å². The molecule has 2 aromatic rings. The zero-order valence-electron chi connectivity index (χ0n) is 16.3. The molecule has 0 aliphatic heterocycles. The highest BCUT2D eigenvalue weighted by molar-refractivity contribution is 7.18. The second kappa shape index (κ2) is 8.35. The highest BCUT2D eigenvalue weighted by atomic mass is 32.1. The number of aromatic nitrogens is 2. The van der Waals surface area contributed by atoms with Crippen LogP contribution in [-0.2, 0) is 0 Å². The third-order valence-corrected chi connectivity index (χ3v) is 5.77. The van der Waals surface area contributed by atoms with Crippen LogP contribution in [0.1, 0.15) is 29.8 Å². The van der Waals surface area contributed by atoms with E-state index < -0.39 is 11.5 Å². The molecule has 7 N–H and O–H groups in total. The summed E-state index contributed by atoms with van der Waals surface area (Å²) in [5, 5.41) is 22.8. The molecule has 2 heterocycles. The van der Waals surface area contributed by atoms with Crippen molar-refractivity contribution in [3.05, 3.63) is 34.5 Å². The number of hydrogen-bond acceptors (Lipinski definition) is 11. The fourth-order valence-electron chi connectivity index (χ4n) is 3.60. The van der Waals surface area contributed by atoms with Crippen LogP contribution in [0.2, 0.25) is 0 Å². The summed E-state index contributed by atoms with van der Waals surface area (Å²) in [7, 11) is 0. The molecule has 3 aliphatic carbocycles. The Balaban J connectivity index is 1.53. The van der Waals surface area contributed by atoms with Crippen LogP contribution in [0, 0.1) is 5.92 Å². The van der Waals surface area contributed by atoms with Crippen LogP contribution in [0.5, 0.6) is 5.75 Å². The van der Waals surface area contributed by atoms with Gasteiger partial charge >= 0.3 is 5.63 Å². The lowest BCUT2D eigenvalue weighted by Crippen LogP contribution is -2.63. The van der Waals surface area contributed by atoms with E-state index in [1.54, 1.807) is 0 Å². The topological polar surface area (TPSA) is 191 Å². The first kappa shape index (κ1) is 20.8. The molecule has 0 unspecified atom stereocenters. The lowest BCUT2D eigenvalue weighted by Gasteiger charge is -2.62. The number of rotatable bonds is 9. The van der Waals surface area contributed by atoms with E-state index in [1.165, 1.54) is 18.3 Å². The minimum absolute atomic E-state index is 0.0636. The van der Waals surface area contributed by atoms with Crippen LogP contribution < -0.4 is 32.5 Å². The number of anilines is 2. The molecule has 0 spiro atoms. The maximum absolute atomic E-state index is 12.6. The van der Waals surface area contributed by atoms with Crippen molar-refractivity contribution in [2.24, 2.45) is 22.4 Å². The lowest BCUT2D eigenvalue weighted by atomic mass is 9.50. The zero-order valence-corrected chi connectivity index (χ0v) is 17.1. The van der Waals surface area contributed by atoms with E-state index in [1.807, 2.05) is 0 Å². The van der Waals surface area contributed by atoms with Crippen LogP contribution in [0.4, 0.5) is 16.0 Å². The Bertz CT molecular complexity index is 1090. The number of carbonyl (C=O) groups excluding carboxylic acids is 1. The molecular weight excluding hydrogens is 426 g/mol. The highest BCUT2D eigenvalue weighted by Crippen LogP contribution is 2.59. The smallest absolute Gasteiger partial charge is 0.381 e. The monoisotopic (exact) mass is 447 g/mol. The normalized spacial score (nSPS) is 22.0. The summed E-state index contributed by atoms with van der Waals surface area (Å²) in [6.07, 6.45) is 5.63. The van der Waals surface area contributed by atoms with Crippen LogP contribution in [0.15, 0.2) is 32.5 Å². The third kappa shape index (κ3) is 4.36. The summed E-state index contributed by atoms with van der Waals surface area (Å²) in [6.45, 7) is -0.334. The van der Waals surface area contributed by atoms with Gasteiger partial charge in [-0.15, -0.1) is 10.2 Å². The Morgan fingerprint density at radius 1 is 1.45 bits per heavy atom. The summed E-state index contributed by atoms with van der Waals surface area (Å²) in [6, 6.07) is 1.41. The Labute approximate surface area is 180 Å². The second-order valence-electron chi connectivity index (χ2n) is 7.34. The van der Waals surface area contributed by atoms with E-state index in [0.29, 0.717) is 11.6 Å². The predicted molar refractivity (Wildman–Crippen MR) is 114 cm³/mol. The van der Waals surface area contributed by atoms with Gasteiger partial charge in [0.25, 0.3) is 5.91 Å². The molecule has 1 amide bonds. The first-order valence-electron chi connectivity index (χ1n) is 9.48. The second-order valence-corrected chi connectivity index (χ2v) is 8.29. The van der Waals surface area contributed by atoms with E-state index in [-0.39, 0.29) is 46.4 Å². The van der Waals surface area contributed by atoms with E-state index in [0.717, 1.165) is 30.6 Å². The molecule has 0 saturated heterocycles.